The van der Waals surface area contributed by atoms with Crippen LogP contribution >= 0.6 is 0 Å². The lowest BCUT2D eigenvalue weighted by Gasteiger charge is -2.08. The Bertz CT molecular complexity index is 325. The molecule has 0 amide bonds. The number of hydrogen-bond acceptors (Lipinski definition) is 3. The molecule has 1 rings (SSSR count). The van der Waals surface area contributed by atoms with Gasteiger partial charge in [0.25, 0.3) is 0 Å². The van der Waals surface area contributed by atoms with Gasteiger partial charge in [0.05, 0.1) is 0 Å². The van der Waals surface area contributed by atoms with E-state index in [9.17, 15) is 4.79 Å². The van der Waals surface area contributed by atoms with Gasteiger partial charge in [0.1, 0.15) is 5.56 Å². The SMILES string of the molecule is CCCCNOc1ccccc1C(=O)O. The van der Waals surface area contributed by atoms with Crippen LogP contribution in [0, 0.1) is 0 Å². The van der Waals surface area contributed by atoms with E-state index in [1.807, 2.05) is 0 Å². The molecule has 15 heavy (non-hydrogen) atoms. The fourth-order valence-corrected chi connectivity index (χ4v) is 1.11. The molecule has 4 nitrogen and oxygen atoms in total. The molecule has 0 atom stereocenters. The van der Waals surface area contributed by atoms with E-state index >= 15 is 0 Å². The summed E-state index contributed by atoms with van der Waals surface area (Å²) in [4.78, 5) is 16.0. The fraction of sp³-hybridized carbons (Fsp3) is 0.364. The molecule has 0 saturated carbocycles. The van der Waals surface area contributed by atoms with Crippen LogP contribution in [-0.4, -0.2) is 17.6 Å². The van der Waals surface area contributed by atoms with Crippen LogP contribution in [0.4, 0.5) is 0 Å². The van der Waals surface area contributed by atoms with Gasteiger partial charge in [0.15, 0.2) is 5.75 Å². The van der Waals surface area contributed by atoms with Crippen LogP contribution in [-0.2, 0) is 0 Å². The normalized spacial score (nSPS) is 9.93. The Morgan fingerprint density at radius 1 is 1.47 bits per heavy atom. The molecule has 0 fully saturated rings. The Morgan fingerprint density at radius 3 is 2.87 bits per heavy atom. The molecule has 1 aromatic carbocycles. The molecule has 0 aliphatic rings. The van der Waals surface area contributed by atoms with E-state index in [4.69, 9.17) is 9.94 Å². The summed E-state index contributed by atoms with van der Waals surface area (Å²) in [6.07, 6.45) is 2.06. The Labute approximate surface area is 88.8 Å². The Morgan fingerprint density at radius 2 is 2.20 bits per heavy atom. The van der Waals surface area contributed by atoms with Gasteiger partial charge in [-0.25, -0.2) is 4.79 Å². The van der Waals surface area contributed by atoms with Crippen molar-refractivity contribution in [1.82, 2.24) is 5.48 Å². The van der Waals surface area contributed by atoms with Crippen LogP contribution in [0.25, 0.3) is 0 Å². The minimum atomic E-state index is -0.983. The van der Waals surface area contributed by atoms with Crippen LogP contribution in [0.3, 0.4) is 0 Å². The lowest BCUT2D eigenvalue weighted by atomic mass is 10.2. The van der Waals surface area contributed by atoms with Gasteiger partial charge < -0.3 is 9.94 Å². The molecule has 0 saturated heterocycles. The first kappa shape index (κ1) is 11.5. The molecule has 0 unspecified atom stereocenters. The number of carboxylic acid groups (broad SMARTS) is 1. The van der Waals surface area contributed by atoms with Crippen molar-refractivity contribution >= 4 is 5.97 Å². The van der Waals surface area contributed by atoms with Gasteiger partial charge in [0, 0.05) is 6.54 Å². The summed E-state index contributed by atoms with van der Waals surface area (Å²) in [6.45, 7) is 2.79. The zero-order chi connectivity index (χ0) is 11.1. The van der Waals surface area contributed by atoms with Gasteiger partial charge in [-0.05, 0) is 18.6 Å². The van der Waals surface area contributed by atoms with E-state index in [1.165, 1.54) is 6.07 Å². The highest BCUT2D eigenvalue weighted by Gasteiger charge is 2.09. The van der Waals surface area contributed by atoms with E-state index in [-0.39, 0.29) is 5.56 Å². The first-order chi connectivity index (χ1) is 7.25. The maximum absolute atomic E-state index is 10.8. The van der Waals surface area contributed by atoms with Gasteiger partial charge in [0.2, 0.25) is 0 Å². The molecular weight excluding hydrogens is 194 g/mol. The quantitative estimate of drug-likeness (QED) is 0.556. The number of benzene rings is 1. The highest BCUT2D eigenvalue weighted by atomic mass is 16.6. The molecular formula is C11H15NO3. The van der Waals surface area contributed by atoms with Crippen molar-refractivity contribution in [2.75, 3.05) is 6.54 Å². The van der Waals surface area contributed by atoms with Gasteiger partial charge in [-0.1, -0.05) is 25.5 Å². The highest BCUT2D eigenvalue weighted by Crippen LogP contribution is 2.16. The molecule has 0 radical (unpaired) electrons. The number of unbranched alkanes of at least 4 members (excludes halogenated alkanes) is 1. The van der Waals surface area contributed by atoms with Crippen molar-refractivity contribution in [1.29, 1.82) is 0 Å². The molecule has 1 aromatic rings. The van der Waals surface area contributed by atoms with Crippen LogP contribution in [0.2, 0.25) is 0 Å². The Kier molecular flexibility index (Phi) is 4.63. The molecule has 0 aliphatic carbocycles. The smallest absolute Gasteiger partial charge is 0.339 e. The van der Waals surface area contributed by atoms with Crippen molar-refractivity contribution in [3.05, 3.63) is 29.8 Å². The number of carboxylic acids is 1. The number of hydroxylamine groups is 1. The summed E-state index contributed by atoms with van der Waals surface area (Å²) in [5, 5.41) is 8.86. The Balaban J connectivity index is 2.56. The topological polar surface area (TPSA) is 58.6 Å². The predicted octanol–water partition coefficient (Wildman–Crippen LogP) is 2.07. The van der Waals surface area contributed by atoms with Crippen molar-refractivity contribution in [3.63, 3.8) is 0 Å². The van der Waals surface area contributed by atoms with E-state index in [1.54, 1.807) is 18.2 Å². The largest absolute Gasteiger partial charge is 0.478 e. The minimum Gasteiger partial charge on any atom is -0.478 e. The number of carbonyl (C=O) groups is 1. The second-order valence-electron chi connectivity index (χ2n) is 3.15. The van der Waals surface area contributed by atoms with E-state index in [2.05, 4.69) is 12.4 Å². The van der Waals surface area contributed by atoms with Crippen LogP contribution < -0.4 is 10.3 Å². The zero-order valence-corrected chi connectivity index (χ0v) is 8.69. The zero-order valence-electron chi connectivity index (χ0n) is 8.69. The summed E-state index contributed by atoms with van der Waals surface area (Å²) < 4.78 is 0. The first-order valence-corrected chi connectivity index (χ1v) is 4.97. The van der Waals surface area contributed by atoms with Gasteiger partial charge in [-0.3, -0.25) is 0 Å². The standard InChI is InChI=1S/C11H15NO3/c1-2-3-8-12-15-10-7-5-4-6-9(10)11(13)14/h4-7,12H,2-3,8H2,1H3,(H,13,14). The minimum absolute atomic E-state index is 0.168. The van der Waals surface area contributed by atoms with Crippen molar-refractivity contribution < 1.29 is 14.7 Å². The maximum atomic E-state index is 10.8. The summed E-state index contributed by atoms with van der Waals surface area (Å²) >= 11 is 0. The summed E-state index contributed by atoms with van der Waals surface area (Å²) in [6, 6.07) is 6.55. The van der Waals surface area contributed by atoms with Gasteiger partial charge >= 0.3 is 5.97 Å². The maximum Gasteiger partial charge on any atom is 0.339 e. The van der Waals surface area contributed by atoms with Gasteiger partial charge in [-0.15, -0.1) is 0 Å². The van der Waals surface area contributed by atoms with Crippen LogP contribution in [0.15, 0.2) is 24.3 Å². The summed E-state index contributed by atoms with van der Waals surface area (Å²) in [5.74, 6) is -0.635. The Hall–Kier alpha value is -1.55. The molecule has 82 valence electrons. The lowest BCUT2D eigenvalue weighted by Crippen LogP contribution is -2.20. The number of aromatic carboxylic acids is 1. The number of nitrogens with one attached hydrogen (secondary N) is 1. The van der Waals surface area contributed by atoms with E-state index in [0.717, 1.165) is 12.8 Å². The highest BCUT2D eigenvalue weighted by molar-refractivity contribution is 5.90. The second kappa shape index (κ2) is 6.03. The predicted molar refractivity (Wildman–Crippen MR) is 56.9 cm³/mol. The van der Waals surface area contributed by atoms with Gasteiger partial charge in [-0.2, -0.15) is 5.48 Å². The van der Waals surface area contributed by atoms with Crippen molar-refractivity contribution in [2.24, 2.45) is 0 Å². The average Bonchev–Trinajstić information content (AvgIpc) is 2.25. The fourth-order valence-electron chi connectivity index (χ4n) is 1.11. The van der Waals surface area contributed by atoms with E-state index < -0.39 is 5.97 Å². The molecule has 0 aliphatic heterocycles. The van der Waals surface area contributed by atoms with Crippen LogP contribution in [0.1, 0.15) is 30.1 Å². The number of hydrogen-bond donors (Lipinski definition) is 2. The monoisotopic (exact) mass is 209 g/mol. The molecule has 4 heteroatoms. The number of para-hydroxylation sites is 1. The second-order valence-corrected chi connectivity index (χ2v) is 3.15. The van der Waals surface area contributed by atoms with Crippen molar-refractivity contribution in [3.8, 4) is 5.75 Å². The average molecular weight is 209 g/mol. The lowest BCUT2D eigenvalue weighted by molar-refractivity contribution is 0.0687. The molecule has 0 aromatic heterocycles. The summed E-state index contributed by atoms with van der Waals surface area (Å²) in [7, 11) is 0. The third kappa shape index (κ3) is 3.59. The molecule has 0 heterocycles. The third-order valence-electron chi connectivity index (χ3n) is 1.93. The van der Waals surface area contributed by atoms with E-state index in [0.29, 0.717) is 12.3 Å². The molecule has 0 bridgehead atoms. The molecule has 0 spiro atoms. The van der Waals surface area contributed by atoms with Crippen LogP contribution in [0.5, 0.6) is 5.75 Å². The third-order valence-corrected chi connectivity index (χ3v) is 1.93. The molecule has 2 N–H and O–H groups in total. The number of rotatable bonds is 6. The first-order valence-electron chi connectivity index (χ1n) is 4.97. The summed E-state index contributed by atoms with van der Waals surface area (Å²) in [5.41, 5.74) is 2.90. The van der Waals surface area contributed by atoms with Crippen molar-refractivity contribution in [2.45, 2.75) is 19.8 Å².